The molecule has 0 amide bonds. The number of aryl methyl sites for hydroxylation is 1. The molecular formula is C13H12N4O2S. The van der Waals surface area contributed by atoms with E-state index in [1.807, 2.05) is 12.1 Å². The Bertz CT molecular complexity index is 796. The third kappa shape index (κ3) is 2.39. The standard InChI is InChI=1S/C13H12N4O2S/c18-13-15-7-3-1-5-11(15)14-16(13)9-10-20-12-6-2-4-8-17(12)19/h1-8H,9-10H2. The second kappa shape index (κ2) is 5.38. The third-order valence-corrected chi connectivity index (χ3v) is 3.83. The third-order valence-electron chi connectivity index (χ3n) is 2.83. The molecule has 0 N–H and O–H groups in total. The van der Waals surface area contributed by atoms with Crippen LogP contribution in [0.15, 0.2) is 58.6 Å². The van der Waals surface area contributed by atoms with E-state index < -0.39 is 0 Å². The number of hydrogen-bond acceptors (Lipinski definition) is 4. The predicted octanol–water partition coefficient (Wildman–Crippen LogP) is 0.922. The molecule has 0 atom stereocenters. The van der Waals surface area contributed by atoms with Crippen molar-refractivity contribution in [2.24, 2.45) is 0 Å². The highest BCUT2D eigenvalue weighted by Gasteiger charge is 2.08. The van der Waals surface area contributed by atoms with E-state index in [0.717, 1.165) is 4.73 Å². The van der Waals surface area contributed by atoms with Gasteiger partial charge in [-0.3, -0.25) is 4.40 Å². The fourth-order valence-electron chi connectivity index (χ4n) is 1.87. The van der Waals surface area contributed by atoms with Crippen molar-refractivity contribution in [3.8, 4) is 0 Å². The lowest BCUT2D eigenvalue weighted by molar-refractivity contribution is -0.645. The zero-order valence-electron chi connectivity index (χ0n) is 10.5. The van der Waals surface area contributed by atoms with Crippen LogP contribution in [0.25, 0.3) is 5.65 Å². The van der Waals surface area contributed by atoms with E-state index in [9.17, 15) is 10.0 Å². The molecule has 0 saturated carbocycles. The molecule has 0 bridgehead atoms. The minimum atomic E-state index is -0.163. The van der Waals surface area contributed by atoms with E-state index in [-0.39, 0.29) is 5.69 Å². The second-order valence-electron chi connectivity index (χ2n) is 4.15. The summed E-state index contributed by atoms with van der Waals surface area (Å²) in [4.78, 5) is 12.0. The summed E-state index contributed by atoms with van der Waals surface area (Å²) >= 11 is 1.40. The van der Waals surface area contributed by atoms with Crippen LogP contribution < -0.4 is 10.4 Å². The minimum absolute atomic E-state index is 0.163. The van der Waals surface area contributed by atoms with E-state index in [0.29, 0.717) is 23.0 Å². The topological polar surface area (TPSA) is 66.2 Å². The van der Waals surface area contributed by atoms with Crippen LogP contribution in [0.3, 0.4) is 0 Å². The number of fused-ring (bicyclic) bond motifs is 1. The van der Waals surface area contributed by atoms with Crippen molar-refractivity contribution in [1.82, 2.24) is 14.2 Å². The van der Waals surface area contributed by atoms with Crippen LogP contribution in [0.4, 0.5) is 0 Å². The molecule has 102 valence electrons. The van der Waals surface area contributed by atoms with Gasteiger partial charge in [-0.2, -0.15) is 4.73 Å². The minimum Gasteiger partial charge on any atom is -0.618 e. The number of pyridine rings is 2. The number of rotatable bonds is 4. The largest absolute Gasteiger partial charge is 0.618 e. The Kier molecular flexibility index (Phi) is 3.42. The first-order chi connectivity index (χ1) is 9.75. The summed E-state index contributed by atoms with van der Waals surface area (Å²) in [5.74, 6) is 0.607. The Balaban J connectivity index is 1.73. The van der Waals surface area contributed by atoms with Crippen LogP contribution in [-0.4, -0.2) is 19.9 Å². The van der Waals surface area contributed by atoms with Crippen LogP contribution in [-0.2, 0) is 6.54 Å². The lowest BCUT2D eigenvalue weighted by atomic mass is 10.5. The zero-order chi connectivity index (χ0) is 13.9. The van der Waals surface area contributed by atoms with Crippen LogP contribution in [0, 0.1) is 5.21 Å². The summed E-state index contributed by atoms with van der Waals surface area (Å²) in [5, 5.41) is 16.3. The van der Waals surface area contributed by atoms with Gasteiger partial charge in [0.25, 0.3) is 5.03 Å². The molecule has 3 rings (SSSR count). The number of nitrogens with zero attached hydrogens (tertiary/aromatic N) is 4. The van der Waals surface area contributed by atoms with Crippen molar-refractivity contribution >= 4 is 17.4 Å². The van der Waals surface area contributed by atoms with Gasteiger partial charge in [0.1, 0.15) is 0 Å². The summed E-state index contributed by atoms with van der Waals surface area (Å²) in [5.41, 5.74) is 0.463. The van der Waals surface area contributed by atoms with E-state index >= 15 is 0 Å². The molecule has 0 saturated heterocycles. The number of thioether (sulfide) groups is 1. The van der Waals surface area contributed by atoms with Crippen molar-refractivity contribution in [2.45, 2.75) is 11.6 Å². The molecule has 0 fully saturated rings. The predicted molar refractivity (Wildman–Crippen MR) is 75.6 cm³/mol. The van der Waals surface area contributed by atoms with Crippen LogP contribution >= 0.6 is 11.8 Å². The highest BCUT2D eigenvalue weighted by molar-refractivity contribution is 7.99. The summed E-state index contributed by atoms with van der Waals surface area (Å²) in [6.45, 7) is 0.458. The van der Waals surface area contributed by atoms with Crippen LogP contribution in [0.5, 0.6) is 0 Å². The average Bonchev–Trinajstić information content (AvgIpc) is 2.78. The number of aromatic nitrogens is 4. The van der Waals surface area contributed by atoms with E-state index in [1.54, 1.807) is 30.5 Å². The van der Waals surface area contributed by atoms with Gasteiger partial charge in [0, 0.05) is 24.1 Å². The molecule has 0 aliphatic heterocycles. The summed E-state index contributed by atoms with van der Waals surface area (Å²) in [6.07, 6.45) is 3.15. The Labute approximate surface area is 118 Å². The molecule has 0 aliphatic carbocycles. The molecule has 0 unspecified atom stereocenters. The lowest BCUT2D eigenvalue weighted by Crippen LogP contribution is -2.28. The molecule has 3 heterocycles. The first-order valence-electron chi connectivity index (χ1n) is 6.11. The van der Waals surface area contributed by atoms with Gasteiger partial charge in [-0.15, -0.1) is 5.10 Å². The molecule has 6 nitrogen and oxygen atoms in total. The average molecular weight is 288 g/mol. The smallest absolute Gasteiger partial charge is 0.350 e. The van der Waals surface area contributed by atoms with E-state index in [4.69, 9.17) is 0 Å². The Morgan fingerprint density at radius 3 is 2.90 bits per heavy atom. The lowest BCUT2D eigenvalue weighted by Gasteiger charge is -2.02. The summed E-state index contributed by atoms with van der Waals surface area (Å²) < 4.78 is 3.73. The molecular weight excluding hydrogens is 276 g/mol. The van der Waals surface area contributed by atoms with Crippen molar-refractivity contribution < 1.29 is 4.73 Å². The fraction of sp³-hybridized carbons (Fsp3) is 0.154. The van der Waals surface area contributed by atoms with Gasteiger partial charge in [0.2, 0.25) is 0 Å². The van der Waals surface area contributed by atoms with Gasteiger partial charge in [-0.25, -0.2) is 9.48 Å². The Morgan fingerprint density at radius 1 is 1.25 bits per heavy atom. The van der Waals surface area contributed by atoms with Crippen molar-refractivity contribution in [3.63, 3.8) is 0 Å². The number of hydrogen-bond donors (Lipinski definition) is 0. The molecule has 0 aliphatic rings. The molecule has 20 heavy (non-hydrogen) atoms. The maximum Gasteiger partial charge on any atom is 0.350 e. The molecule has 3 aromatic heterocycles. The summed E-state index contributed by atoms with van der Waals surface area (Å²) in [6, 6.07) is 10.7. The van der Waals surface area contributed by atoms with Crippen LogP contribution in [0.2, 0.25) is 0 Å². The SMILES string of the molecule is O=c1n(CCSc2cccc[n+]2[O-])nc2ccccn12. The Morgan fingerprint density at radius 2 is 2.10 bits per heavy atom. The van der Waals surface area contributed by atoms with Gasteiger partial charge in [-0.05, 0) is 18.2 Å². The van der Waals surface area contributed by atoms with Gasteiger partial charge >= 0.3 is 5.69 Å². The highest BCUT2D eigenvalue weighted by atomic mass is 32.2. The molecule has 3 aromatic rings. The maximum absolute atomic E-state index is 12.0. The van der Waals surface area contributed by atoms with Crippen molar-refractivity contribution in [2.75, 3.05) is 5.75 Å². The van der Waals surface area contributed by atoms with Crippen LogP contribution in [0.1, 0.15) is 0 Å². The van der Waals surface area contributed by atoms with Gasteiger partial charge in [-0.1, -0.05) is 17.8 Å². The van der Waals surface area contributed by atoms with Crippen molar-refractivity contribution in [3.05, 3.63) is 64.5 Å². The summed E-state index contributed by atoms with van der Waals surface area (Å²) in [7, 11) is 0. The van der Waals surface area contributed by atoms with Gasteiger partial charge < -0.3 is 5.21 Å². The highest BCUT2D eigenvalue weighted by Crippen LogP contribution is 2.12. The Hall–Kier alpha value is -2.28. The zero-order valence-corrected chi connectivity index (χ0v) is 11.4. The van der Waals surface area contributed by atoms with Crippen molar-refractivity contribution in [1.29, 1.82) is 0 Å². The molecule has 7 heteroatoms. The monoisotopic (exact) mass is 288 g/mol. The molecule has 0 aromatic carbocycles. The quantitative estimate of drug-likeness (QED) is 0.407. The second-order valence-corrected chi connectivity index (χ2v) is 5.26. The van der Waals surface area contributed by atoms with Gasteiger partial charge in [0.15, 0.2) is 11.8 Å². The molecule has 0 radical (unpaired) electrons. The molecule has 0 spiro atoms. The van der Waals surface area contributed by atoms with E-state index in [2.05, 4.69) is 5.10 Å². The normalized spacial score (nSPS) is 11.0. The first-order valence-corrected chi connectivity index (χ1v) is 7.09. The van der Waals surface area contributed by atoms with Gasteiger partial charge in [0.05, 0.1) is 6.54 Å². The maximum atomic E-state index is 12.0. The fourth-order valence-corrected chi connectivity index (χ4v) is 2.71. The first kappa shape index (κ1) is 12.7. The van der Waals surface area contributed by atoms with E-state index in [1.165, 1.54) is 27.0 Å².